The van der Waals surface area contributed by atoms with E-state index in [0.717, 1.165) is 39.1 Å². The molecule has 156 valence electrons. The molecule has 1 aliphatic carbocycles. The summed E-state index contributed by atoms with van der Waals surface area (Å²) in [5.74, 6) is 0.129. The summed E-state index contributed by atoms with van der Waals surface area (Å²) in [6, 6.07) is 7.09. The second-order valence-electron chi connectivity index (χ2n) is 8.96. The first-order valence-corrected chi connectivity index (χ1v) is 12.5. The van der Waals surface area contributed by atoms with Gasteiger partial charge in [-0.1, -0.05) is 18.2 Å². The largest absolute Gasteiger partial charge is 0.376 e. The number of piperidine rings is 1. The average molecular weight is 407 g/mol. The van der Waals surface area contributed by atoms with Gasteiger partial charge in [0.25, 0.3) is 0 Å². The fraction of sp³-hybridized carbons (Fsp3) is 0.727. The van der Waals surface area contributed by atoms with E-state index in [9.17, 15) is 8.42 Å². The molecular weight excluding hydrogens is 372 g/mol. The summed E-state index contributed by atoms with van der Waals surface area (Å²) in [7, 11) is -3.13. The molecule has 28 heavy (non-hydrogen) atoms. The summed E-state index contributed by atoms with van der Waals surface area (Å²) >= 11 is 0. The number of ether oxygens (including phenoxy) is 1. The topological polar surface area (TPSA) is 58.6 Å². The van der Waals surface area contributed by atoms with Crippen LogP contribution in [0.5, 0.6) is 0 Å². The predicted octanol–water partition coefficient (Wildman–Crippen LogP) is 2.88. The molecule has 0 aromatic heterocycles. The Balaban J connectivity index is 1.23. The minimum Gasteiger partial charge on any atom is -0.376 e. The maximum absolute atomic E-state index is 11.6. The van der Waals surface area contributed by atoms with Gasteiger partial charge < -0.3 is 4.74 Å². The maximum Gasteiger partial charge on any atom is 0.211 e. The van der Waals surface area contributed by atoms with Gasteiger partial charge in [-0.2, -0.15) is 0 Å². The van der Waals surface area contributed by atoms with E-state index >= 15 is 0 Å². The Morgan fingerprint density at radius 3 is 2.68 bits per heavy atom. The van der Waals surface area contributed by atoms with E-state index < -0.39 is 10.0 Å². The Morgan fingerprint density at radius 2 is 1.96 bits per heavy atom. The van der Waals surface area contributed by atoms with Crippen LogP contribution in [0.25, 0.3) is 0 Å². The van der Waals surface area contributed by atoms with Gasteiger partial charge in [0.15, 0.2) is 0 Å². The fourth-order valence-corrected chi connectivity index (χ4v) is 5.61. The van der Waals surface area contributed by atoms with Crippen molar-refractivity contribution in [2.45, 2.75) is 64.5 Å². The molecule has 1 aromatic rings. The van der Waals surface area contributed by atoms with Crippen LogP contribution >= 0.6 is 0 Å². The standard InChI is InChI=1S/C22H34N2O3S/c1-2-28(25,26)23-15-21-8-9-22(17-27-21)10-12-24(13-11-22)16-18-6-7-19-4-3-5-20(19)14-18/h6-7,14,21,23H,2-5,8-13,15-17H2,1H3. The number of rotatable bonds is 6. The summed E-state index contributed by atoms with van der Waals surface area (Å²) in [4.78, 5) is 2.59. The van der Waals surface area contributed by atoms with Gasteiger partial charge in [0.2, 0.25) is 10.0 Å². The molecule has 6 heteroatoms. The van der Waals surface area contributed by atoms with E-state index in [2.05, 4.69) is 27.8 Å². The Hall–Kier alpha value is -0.950. The molecule has 4 rings (SSSR count). The van der Waals surface area contributed by atoms with Gasteiger partial charge in [-0.3, -0.25) is 4.90 Å². The maximum atomic E-state index is 11.6. The summed E-state index contributed by atoms with van der Waals surface area (Å²) in [6.45, 7) is 6.18. The third kappa shape index (κ3) is 4.78. The number of hydrogen-bond donors (Lipinski definition) is 1. The highest BCUT2D eigenvalue weighted by Crippen LogP contribution is 2.40. The molecule has 2 fully saturated rings. The zero-order valence-electron chi connectivity index (χ0n) is 17.1. The number of likely N-dealkylation sites (tertiary alicyclic amines) is 1. The highest BCUT2D eigenvalue weighted by atomic mass is 32.2. The van der Waals surface area contributed by atoms with Gasteiger partial charge in [-0.05, 0) is 87.1 Å². The van der Waals surface area contributed by atoms with E-state index in [4.69, 9.17) is 4.74 Å². The lowest BCUT2D eigenvalue weighted by molar-refractivity contribution is -0.0837. The lowest BCUT2D eigenvalue weighted by Crippen LogP contribution is -2.47. The first-order chi connectivity index (χ1) is 13.5. The van der Waals surface area contributed by atoms with Crippen molar-refractivity contribution in [3.8, 4) is 0 Å². The second-order valence-corrected chi connectivity index (χ2v) is 11.1. The highest BCUT2D eigenvalue weighted by Gasteiger charge is 2.39. The molecule has 1 atom stereocenters. The second kappa shape index (κ2) is 8.42. The van der Waals surface area contributed by atoms with Crippen LogP contribution in [-0.2, 0) is 34.1 Å². The summed E-state index contributed by atoms with van der Waals surface area (Å²) in [5, 5.41) is 0. The molecule has 0 bridgehead atoms. The molecule has 1 unspecified atom stereocenters. The monoisotopic (exact) mass is 406 g/mol. The molecule has 0 radical (unpaired) electrons. The van der Waals surface area contributed by atoms with Crippen molar-refractivity contribution in [2.75, 3.05) is 32.0 Å². The molecule has 3 aliphatic rings. The average Bonchev–Trinajstić information content (AvgIpc) is 3.17. The summed E-state index contributed by atoms with van der Waals surface area (Å²) in [5.41, 5.74) is 4.88. The lowest BCUT2D eigenvalue weighted by atomic mass is 9.73. The van der Waals surface area contributed by atoms with Gasteiger partial charge >= 0.3 is 0 Å². The van der Waals surface area contributed by atoms with Crippen LogP contribution < -0.4 is 4.72 Å². The quantitative estimate of drug-likeness (QED) is 0.789. The first kappa shape index (κ1) is 20.3. The van der Waals surface area contributed by atoms with Crippen molar-refractivity contribution in [1.29, 1.82) is 0 Å². The van der Waals surface area contributed by atoms with E-state index in [-0.39, 0.29) is 11.9 Å². The number of nitrogens with zero attached hydrogens (tertiary/aromatic N) is 1. The zero-order chi connectivity index (χ0) is 19.6. The number of aryl methyl sites for hydroxylation is 2. The lowest BCUT2D eigenvalue weighted by Gasteiger charge is -2.45. The third-order valence-corrected chi connectivity index (χ3v) is 8.39. The van der Waals surface area contributed by atoms with Crippen LogP contribution in [0.1, 0.15) is 55.7 Å². The highest BCUT2D eigenvalue weighted by molar-refractivity contribution is 7.89. The fourth-order valence-electron chi connectivity index (χ4n) is 4.96. The predicted molar refractivity (Wildman–Crippen MR) is 112 cm³/mol. The molecule has 0 amide bonds. The number of fused-ring (bicyclic) bond motifs is 1. The Labute approximate surface area is 169 Å². The van der Waals surface area contributed by atoms with Crippen LogP contribution in [0.4, 0.5) is 0 Å². The molecular formula is C22H34N2O3S. The normalized spacial score (nSPS) is 25.1. The Kier molecular flexibility index (Phi) is 6.12. The number of benzene rings is 1. The van der Waals surface area contributed by atoms with E-state index in [1.807, 2.05) is 0 Å². The SMILES string of the molecule is CCS(=O)(=O)NCC1CCC2(CCN(Cc3ccc4c(c3)CCC4)CC2)CO1. The van der Waals surface area contributed by atoms with Crippen LogP contribution in [0.3, 0.4) is 0 Å². The smallest absolute Gasteiger partial charge is 0.211 e. The van der Waals surface area contributed by atoms with E-state index in [1.54, 1.807) is 18.1 Å². The number of hydrogen-bond acceptors (Lipinski definition) is 4. The number of sulfonamides is 1. The Bertz CT molecular complexity index is 775. The van der Waals surface area contributed by atoms with Crippen molar-refractivity contribution in [2.24, 2.45) is 5.41 Å². The van der Waals surface area contributed by atoms with E-state index in [0.29, 0.717) is 12.0 Å². The van der Waals surface area contributed by atoms with Crippen LogP contribution in [-0.4, -0.2) is 51.4 Å². The zero-order valence-corrected chi connectivity index (χ0v) is 17.9. The van der Waals surface area contributed by atoms with E-state index in [1.165, 1.54) is 37.7 Å². The minimum atomic E-state index is -3.13. The summed E-state index contributed by atoms with van der Waals surface area (Å²) in [6.07, 6.45) is 8.32. The molecule has 0 saturated carbocycles. The van der Waals surface area contributed by atoms with Crippen molar-refractivity contribution < 1.29 is 13.2 Å². The van der Waals surface area contributed by atoms with Gasteiger partial charge in [-0.15, -0.1) is 0 Å². The molecule has 2 aliphatic heterocycles. The minimum absolute atomic E-state index is 0.0244. The van der Waals surface area contributed by atoms with Crippen LogP contribution in [0, 0.1) is 5.41 Å². The van der Waals surface area contributed by atoms with Crippen molar-refractivity contribution in [1.82, 2.24) is 9.62 Å². The van der Waals surface area contributed by atoms with Crippen molar-refractivity contribution in [3.63, 3.8) is 0 Å². The molecule has 5 nitrogen and oxygen atoms in total. The number of nitrogens with one attached hydrogen (secondary N) is 1. The third-order valence-electron chi connectivity index (χ3n) is 7.02. The van der Waals surface area contributed by atoms with Crippen LogP contribution in [0.2, 0.25) is 0 Å². The molecule has 1 N–H and O–H groups in total. The molecule has 1 spiro atoms. The van der Waals surface area contributed by atoms with Crippen LogP contribution in [0.15, 0.2) is 18.2 Å². The molecule has 2 heterocycles. The van der Waals surface area contributed by atoms with Gasteiger partial charge in [0, 0.05) is 13.1 Å². The van der Waals surface area contributed by atoms with Crippen molar-refractivity contribution >= 4 is 10.0 Å². The van der Waals surface area contributed by atoms with Gasteiger partial charge in [0.1, 0.15) is 0 Å². The van der Waals surface area contributed by atoms with Gasteiger partial charge in [0.05, 0.1) is 18.5 Å². The summed E-state index contributed by atoms with van der Waals surface area (Å²) < 4.78 is 32.0. The molecule has 2 saturated heterocycles. The van der Waals surface area contributed by atoms with Gasteiger partial charge in [-0.25, -0.2) is 13.1 Å². The first-order valence-electron chi connectivity index (χ1n) is 10.9. The Morgan fingerprint density at radius 1 is 1.18 bits per heavy atom. The van der Waals surface area contributed by atoms with Crippen molar-refractivity contribution in [3.05, 3.63) is 34.9 Å². The molecule has 1 aromatic carbocycles.